The summed E-state index contributed by atoms with van der Waals surface area (Å²) in [7, 11) is 0. The summed E-state index contributed by atoms with van der Waals surface area (Å²) in [5.74, 6) is 0. The molecule has 0 saturated carbocycles. The predicted octanol–water partition coefficient (Wildman–Crippen LogP) is 5.23. The molecule has 136 valence electrons. The van der Waals surface area contributed by atoms with Gasteiger partial charge in [0.15, 0.2) is 0 Å². The van der Waals surface area contributed by atoms with Gasteiger partial charge in [-0.1, -0.05) is 0 Å². The zero-order chi connectivity index (χ0) is 19.0. The molecular weight excluding hydrogens is 416 g/mol. The third-order valence-corrected chi connectivity index (χ3v) is 7.82. The van der Waals surface area contributed by atoms with Gasteiger partial charge in [-0.3, -0.25) is 0 Å². The first-order chi connectivity index (χ1) is 11.3. The molecule has 0 N–H and O–H groups in total. The van der Waals surface area contributed by atoms with E-state index < -0.39 is 20.9 Å². The van der Waals surface area contributed by atoms with Crippen molar-refractivity contribution >= 4 is 28.1 Å². The Morgan fingerprint density at radius 1 is 0.600 bits per heavy atom. The molecule has 0 unspecified atom stereocenters. The summed E-state index contributed by atoms with van der Waals surface area (Å²) in [6.07, 6.45) is 0. The van der Waals surface area contributed by atoms with Crippen molar-refractivity contribution in [3.63, 3.8) is 0 Å². The van der Waals surface area contributed by atoms with E-state index in [4.69, 9.17) is 0 Å². The van der Waals surface area contributed by atoms with Gasteiger partial charge in [0.1, 0.15) is 0 Å². The Hall–Kier alpha value is -0.770. The van der Waals surface area contributed by atoms with Crippen molar-refractivity contribution in [3.05, 3.63) is 59.2 Å². The molecule has 25 heavy (non-hydrogen) atoms. The van der Waals surface area contributed by atoms with Crippen LogP contribution < -0.4 is 7.22 Å². The molecule has 0 atom stereocenters. The third kappa shape index (κ3) is 5.12. The molecule has 0 aliphatic carbocycles. The van der Waals surface area contributed by atoms with Crippen LogP contribution in [0.5, 0.6) is 0 Å². The van der Waals surface area contributed by atoms with Gasteiger partial charge in [-0.05, 0) is 0 Å². The van der Waals surface area contributed by atoms with E-state index >= 15 is 0 Å². The van der Waals surface area contributed by atoms with E-state index in [9.17, 15) is 0 Å². The van der Waals surface area contributed by atoms with Gasteiger partial charge in [-0.15, -0.1) is 0 Å². The maximum absolute atomic E-state index is 2.50. The zero-order valence-corrected chi connectivity index (χ0v) is 19.8. The molecule has 0 radical (unpaired) electrons. The zero-order valence-electron chi connectivity index (χ0n) is 17.4. The fourth-order valence-electron chi connectivity index (χ4n) is 2.89. The molecule has 1 heteroatoms. The number of benzene rings is 2. The van der Waals surface area contributed by atoms with Crippen LogP contribution in [0, 0.1) is 0 Å². The van der Waals surface area contributed by atoms with Gasteiger partial charge < -0.3 is 0 Å². The van der Waals surface area contributed by atoms with Crippen molar-refractivity contribution in [2.24, 2.45) is 0 Å². The third-order valence-electron chi connectivity index (χ3n) is 4.53. The molecule has 2 aromatic rings. The average molecular weight is 450 g/mol. The van der Waals surface area contributed by atoms with E-state index in [1.165, 1.54) is 9.17 Å². The SMILES string of the molecule is CC(C)(C)c1cc(C(C)(C)C)c([Te]c2ccccc2)c(C(C)(C)C)c1. The summed E-state index contributed by atoms with van der Waals surface area (Å²) in [5.41, 5.74) is 5.07. The molecule has 0 aliphatic rings. The minimum absolute atomic E-state index is 0.163. The van der Waals surface area contributed by atoms with Gasteiger partial charge in [0.05, 0.1) is 0 Å². The summed E-state index contributed by atoms with van der Waals surface area (Å²) in [6.45, 7) is 21.2. The standard InChI is InChI=1S/C24H34Te/c1-22(2,3)17-15-19(23(4,5)6)21(20(16-17)24(7,8)9)25-18-13-11-10-12-14-18/h10-16H,1-9H3. The van der Waals surface area contributed by atoms with Crippen molar-refractivity contribution in [1.29, 1.82) is 0 Å². The van der Waals surface area contributed by atoms with Crippen molar-refractivity contribution in [2.45, 2.75) is 78.6 Å². The summed E-state index contributed by atoms with van der Waals surface area (Å²) < 4.78 is 3.16. The van der Waals surface area contributed by atoms with Gasteiger partial charge in [0.25, 0.3) is 0 Å². The van der Waals surface area contributed by atoms with Crippen LogP contribution in [0.25, 0.3) is 0 Å². The summed E-state index contributed by atoms with van der Waals surface area (Å²) in [6, 6.07) is 16.1. The molecule has 0 spiro atoms. The molecule has 0 aliphatic heterocycles. The van der Waals surface area contributed by atoms with E-state index in [0.29, 0.717) is 0 Å². The van der Waals surface area contributed by atoms with Gasteiger partial charge in [-0.25, -0.2) is 0 Å². The first-order valence-corrected chi connectivity index (χ1v) is 11.6. The molecular formula is C24H34Te. The predicted molar refractivity (Wildman–Crippen MR) is 114 cm³/mol. The van der Waals surface area contributed by atoms with E-state index in [0.717, 1.165) is 0 Å². The van der Waals surface area contributed by atoms with Crippen molar-refractivity contribution < 1.29 is 0 Å². The second-order valence-electron chi connectivity index (χ2n) is 10.1. The molecule has 0 fully saturated rings. The number of hydrogen-bond acceptors (Lipinski definition) is 0. The van der Waals surface area contributed by atoms with Crippen molar-refractivity contribution in [1.82, 2.24) is 0 Å². The Balaban J connectivity index is 2.77. The Morgan fingerprint density at radius 3 is 1.40 bits per heavy atom. The van der Waals surface area contributed by atoms with E-state index in [2.05, 4.69) is 105 Å². The fourth-order valence-corrected chi connectivity index (χ4v) is 7.11. The minimum atomic E-state index is -0.414. The van der Waals surface area contributed by atoms with Crippen LogP contribution in [-0.2, 0) is 16.2 Å². The molecule has 0 saturated heterocycles. The van der Waals surface area contributed by atoms with E-state index in [-0.39, 0.29) is 16.2 Å². The first-order valence-electron chi connectivity index (χ1n) is 9.22. The molecule has 0 heterocycles. The van der Waals surface area contributed by atoms with Crippen LogP contribution in [0.15, 0.2) is 42.5 Å². The first kappa shape index (κ1) is 20.5. The molecule has 2 aromatic carbocycles. The van der Waals surface area contributed by atoms with E-state index in [1.54, 1.807) is 14.7 Å². The van der Waals surface area contributed by atoms with E-state index in [1.807, 2.05) is 0 Å². The normalized spacial score (nSPS) is 13.2. The molecule has 0 amide bonds. The average Bonchev–Trinajstić information content (AvgIpc) is 2.45. The Morgan fingerprint density at radius 2 is 1.04 bits per heavy atom. The quantitative estimate of drug-likeness (QED) is 0.550. The summed E-state index contributed by atoms with van der Waals surface area (Å²) >= 11 is -0.414. The van der Waals surface area contributed by atoms with Crippen molar-refractivity contribution in [2.75, 3.05) is 0 Å². The summed E-state index contributed by atoms with van der Waals surface area (Å²) in [5, 5.41) is 0. The van der Waals surface area contributed by atoms with Gasteiger partial charge in [0.2, 0.25) is 0 Å². The van der Waals surface area contributed by atoms with Gasteiger partial charge in [-0.2, -0.15) is 0 Å². The van der Waals surface area contributed by atoms with Gasteiger partial charge >= 0.3 is 166 Å². The molecule has 0 aromatic heterocycles. The number of hydrogen-bond donors (Lipinski definition) is 0. The second-order valence-corrected chi connectivity index (χ2v) is 13.2. The Kier molecular flexibility index (Phi) is 5.83. The van der Waals surface area contributed by atoms with Crippen LogP contribution in [0.3, 0.4) is 0 Å². The number of rotatable bonds is 2. The Bertz CT molecular complexity index is 684. The van der Waals surface area contributed by atoms with Gasteiger partial charge in [0, 0.05) is 0 Å². The fraction of sp³-hybridized carbons (Fsp3) is 0.500. The topological polar surface area (TPSA) is 0 Å². The van der Waals surface area contributed by atoms with Crippen LogP contribution >= 0.6 is 0 Å². The molecule has 2 rings (SSSR count). The van der Waals surface area contributed by atoms with Crippen molar-refractivity contribution in [3.8, 4) is 0 Å². The summed E-state index contributed by atoms with van der Waals surface area (Å²) in [4.78, 5) is 0. The maximum atomic E-state index is 2.50. The Labute approximate surface area is 165 Å². The van der Waals surface area contributed by atoms with Crippen LogP contribution in [0.2, 0.25) is 0 Å². The van der Waals surface area contributed by atoms with Crippen LogP contribution in [-0.4, -0.2) is 20.9 Å². The van der Waals surface area contributed by atoms with Crippen LogP contribution in [0.1, 0.15) is 79.0 Å². The van der Waals surface area contributed by atoms with Crippen LogP contribution in [0.4, 0.5) is 0 Å². The second kappa shape index (κ2) is 7.09. The molecule has 0 bridgehead atoms. The molecule has 0 nitrogen and oxygen atoms in total. The monoisotopic (exact) mass is 452 g/mol.